The molecule has 0 radical (unpaired) electrons. The summed E-state index contributed by atoms with van der Waals surface area (Å²) in [6.45, 7) is 0. The summed E-state index contributed by atoms with van der Waals surface area (Å²) in [6.07, 6.45) is 3.59. The molecule has 0 amide bonds. The fraction of sp³-hybridized carbons (Fsp3) is 0.111. The number of halogens is 1. The van der Waals surface area contributed by atoms with Gasteiger partial charge in [0.15, 0.2) is 0 Å². The molecule has 0 atom stereocenters. The van der Waals surface area contributed by atoms with Gasteiger partial charge in [0.25, 0.3) is 0 Å². The summed E-state index contributed by atoms with van der Waals surface area (Å²) >= 11 is 0. The molecule has 1 aliphatic rings. The molecule has 0 aromatic carbocycles. The summed E-state index contributed by atoms with van der Waals surface area (Å²) in [5, 5.41) is 11.6. The molecule has 0 aliphatic carbocycles. The van der Waals surface area contributed by atoms with Crippen LogP contribution < -0.4 is 5.32 Å². The number of nitrogens with zero attached hydrogens (tertiary/aromatic N) is 1. The minimum absolute atomic E-state index is 0. The monoisotopic (exact) mass is 212 g/mol. The lowest BCUT2D eigenvalue weighted by Gasteiger charge is -2.13. The van der Waals surface area contributed by atoms with Gasteiger partial charge in [0.2, 0.25) is 0 Å². The lowest BCUT2D eigenvalue weighted by Crippen LogP contribution is -2.13. The molecule has 1 aliphatic heterocycles. The smallest absolute Gasteiger partial charge is 0.333 e. The lowest BCUT2D eigenvalue weighted by atomic mass is 10.0. The molecule has 0 saturated carbocycles. The number of anilines is 1. The number of aliphatic carboxylic acids is 1. The van der Waals surface area contributed by atoms with Crippen molar-refractivity contribution in [3.63, 3.8) is 0 Å². The molecule has 1 aromatic heterocycles. The highest BCUT2D eigenvalue weighted by atomic mass is 35.5. The maximum atomic E-state index is 10.6. The van der Waals surface area contributed by atoms with Crippen LogP contribution in [0.15, 0.2) is 30.1 Å². The molecule has 0 bridgehead atoms. The van der Waals surface area contributed by atoms with E-state index in [-0.39, 0.29) is 12.4 Å². The van der Waals surface area contributed by atoms with E-state index in [4.69, 9.17) is 5.11 Å². The summed E-state index contributed by atoms with van der Waals surface area (Å²) in [5.41, 5.74) is 1.28. The van der Waals surface area contributed by atoms with Gasteiger partial charge in [0.05, 0.1) is 5.57 Å². The standard InChI is InChI=1S/C9H8N2O2.ClH/c12-9(13)7-4-6-2-1-3-10-8(6)11-5-7;/h1-3,5H,4H2,(H,10,11)(H,12,13);1H. The normalized spacial score (nSPS) is 13.0. The van der Waals surface area contributed by atoms with Crippen molar-refractivity contribution in [2.24, 2.45) is 0 Å². The second kappa shape index (κ2) is 4.11. The molecule has 0 unspecified atom stereocenters. The van der Waals surface area contributed by atoms with Gasteiger partial charge < -0.3 is 10.4 Å². The first-order valence-corrected chi connectivity index (χ1v) is 3.90. The van der Waals surface area contributed by atoms with Crippen LogP contribution in [0.2, 0.25) is 0 Å². The van der Waals surface area contributed by atoms with E-state index in [1.165, 1.54) is 6.20 Å². The quantitative estimate of drug-likeness (QED) is 0.740. The van der Waals surface area contributed by atoms with Gasteiger partial charge in [-0.05, 0) is 11.6 Å². The van der Waals surface area contributed by atoms with Gasteiger partial charge in [-0.1, -0.05) is 6.07 Å². The number of hydrogen-bond donors (Lipinski definition) is 2. The van der Waals surface area contributed by atoms with Crippen LogP contribution in [0.3, 0.4) is 0 Å². The first kappa shape index (κ1) is 10.5. The van der Waals surface area contributed by atoms with E-state index in [0.29, 0.717) is 12.0 Å². The molecule has 0 fully saturated rings. The summed E-state index contributed by atoms with van der Waals surface area (Å²) in [6, 6.07) is 3.66. The Balaban J connectivity index is 0.000000980. The third-order valence-corrected chi connectivity index (χ3v) is 1.93. The van der Waals surface area contributed by atoms with E-state index in [1.807, 2.05) is 6.07 Å². The van der Waals surface area contributed by atoms with Crippen LogP contribution in [-0.4, -0.2) is 16.1 Å². The maximum absolute atomic E-state index is 10.6. The van der Waals surface area contributed by atoms with Gasteiger partial charge in [-0.2, -0.15) is 0 Å². The van der Waals surface area contributed by atoms with E-state index in [2.05, 4.69) is 10.3 Å². The number of nitrogens with one attached hydrogen (secondary N) is 1. The highest BCUT2D eigenvalue weighted by Gasteiger charge is 2.15. The molecule has 4 nitrogen and oxygen atoms in total. The SMILES string of the molecule is Cl.O=C(O)C1=CNc2ncccc2C1. The molecule has 2 N–H and O–H groups in total. The van der Waals surface area contributed by atoms with E-state index in [9.17, 15) is 4.79 Å². The third-order valence-electron chi connectivity index (χ3n) is 1.93. The first-order valence-electron chi connectivity index (χ1n) is 3.90. The predicted molar refractivity (Wildman–Crippen MR) is 54.5 cm³/mol. The van der Waals surface area contributed by atoms with Crippen molar-refractivity contribution in [3.8, 4) is 0 Å². The van der Waals surface area contributed by atoms with Gasteiger partial charge in [-0.3, -0.25) is 0 Å². The van der Waals surface area contributed by atoms with Crippen molar-refractivity contribution < 1.29 is 9.90 Å². The predicted octanol–water partition coefficient (Wildman–Crippen LogP) is 1.44. The number of hydrogen-bond acceptors (Lipinski definition) is 3. The molecule has 1 aromatic rings. The molecule has 14 heavy (non-hydrogen) atoms. The van der Waals surface area contributed by atoms with Crippen molar-refractivity contribution in [1.29, 1.82) is 0 Å². The Morgan fingerprint density at radius 3 is 3.07 bits per heavy atom. The molecule has 2 heterocycles. The zero-order valence-electron chi connectivity index (χ0n) is 7.23. The average molecular weight is 213 g/mol. The number of pyridine rings is 1. The maximum Gasteiger partial charge on any atom is 0.333 e. The number of rotatable bonds is 1. The van der Waals surface area contributed by atoms with Crippen LogP contribution in [0, 0.1) is 0 Å². The highest BCUT2D eigenvalue weighted by Crippen LogP contribution is 2.20. The van der Waals surface area contributed by atoms with Crippen LogP contribution >= 0.6 is 12.4 Å². The van der Waals surface area contributed by atoms with Crippen LogP contribution in [0.1, 0.15) is 5.56 Å². The Hall–Kier alpha value is -1.55. The van der Waals surface area contributed by atoms with Gasteiger partial charge in [0, 0.05) is 18.8 Å². The van der Waals surface area contributed by atoms with Gasteiger partial charge in [-0.25, -0.2) is 9.78 Å². The number of carboxylic acids is 1. The Morgan fingerprint density at radius 2 is 2.36 bits per heavy atom. The second-order valence-electron chi connectivity index (χ2n) is 2.81. The molecule has 5 heteroatoms. The Morgan fingerprint density at radius 1 is 1.57 bits per heavy atom. The van der Waals surface area contributed by atoms with E-state index >= 15 is 0 Å². The first-order chi connectivity index (χ1) is 6.27. The summed E-state index contributed by atoms with van der Waals surface area (Å²) in [5.74, 6) is -0.144. The number of aromatic nitrogens is 1. The average Bonchev–Trinajstić information content (AvgIpc) is 2.17. The zero-order chi connectivity index (χ0) is 9.26. The molecule has 0 spiro atoms. The van der Waals surface area contributed by atoms with Crippen molar-refractivity contribution in [1.82, 2.24) is 4.98 Å². The molecule has 74 valence electrons. The number of carboxylic acid groups (broad SMARTS) is 1. The summed E-state index contributed by atoms with van der Waals surface area (Å²) in [7, 11) is 0. The highest BCUT2D eigenvalue weighted by molar-refractivity contribution is 5.88. The Kier molecular flexibility index (Phi) is 3.09. The summed E-state index contributed by atoms with van der Waals surface area (Å²) in [4.78, 5) is 14.7. The second-order valence-corrected chi connectivity index (χ2v) is 2.81. The van der Waals surface area contributed by atoms with Gasteiger partial charge in [0.1, 0.15) is 5.82 Å². The minimum Gasteiger partial charge on any atom is -0.478 e. The molecule has 2 rings (SSSR count). The van der Waals surface area contributed by atoms with Crippen LogP contribution in [0.25, 0.3) is 0 Å². The van der Waals surface area contributed by atoms with Crippen LogP contribution in [0.5, 0.6) is 0 Å². The minimum atomic E-state index is -0.887. The topological polar surface area (TPSA) is 62.2 Å². The largest absolute Gasteiger partial charge is 0.478 e. The summed E-state index contributed by atoms with van der Waals surface area (Å²) < 4.78 is 0. The number of carbonyl (C=O) groups is 1. The Bertz CT molecular complexity index is 390. The fourth-order valence-electron chi connectivity index (χ4n) is 1.26. The lowest BCUT2D eigenvalue weighted by molar-refractivity contribution is -0.132. The zero-order valence-corrected chi connectivity index (χ0v) is 8.04. The van der Waals surface area contributed by atoms with Crippen LogP contribution in [0.4, 0.5) is 5.82 Å². The van der Waals surface area contributed by atoms with E-state index < -0.39 is 5.97 Å². The number of fused-ring (bicyclic) bond motifs is 1. The van der Waals surface area contributed by atoms with Crippen molar-refractivity contribution in [3.05, 3.63) is 35.7 Å². The van der Waals surface area contributed by atoms with Crippen molar-refractivity contribution in [2.75, 3.05) is 5.32 Å². The van der Waals surface area contributed by atoms with Gasteiger partial charge in [-0.15, -0.1) is 12.4 Å². The molecule has 0 saturated heterocycles. The molecular formula is C9H9ClN2O2. The van der Waals surface area contributed by atoms with Crippen molar-refractivity contribution >= 4 is 24.2 Å². The Labute approximate surface area is 87.1 Å². The van der Waals surface area contributed by atoms with E-state index in [1.54, 1.807) is 12.3 Å². The van der Waals surface area contributed by atoms with Gasteiger partial charge >= 0.3 is 5.97 Å². The molecular weight excluding hydrogens is 204 g/mol. The third kappa shape index (κ3) is 1.85. The fourth-order valence-corrected chi connectivity index (χ4v) is 1.26. The van der Waals surface area contributed by atoms with E-state index in [0.717, 1.165) is 11.4 Å². The van der Waals surface area contributed by atoms with Crippen LogP contribution in [-0.2, 0) is 11.2 Å². The van der Waals surface area contributed by atoms with Crippen molar-refractivity contribution in [2.45, 2.75) is 6.42 Å².